The highest BCUT2D eigenvalue weighted by Crippen LogP contribution is 2.43. The van der Waals surface area contributed by atoms with Crippen LogP contribution >= 0.6 is 0 Å². The first-order valence-corrected chi connectivity index (χ1v) is 12.0. The maximum absolute atomic E-state index is 14.8. The summed E-state index contributed by atoms with van der Waals surface area (Å²) in [5, 5.41) is 0. The first-order valence-electron chi connectivity index (χ1n) is 12.0. The maximum Gasteiger partial charge on any atom is 0.194 e. The molecule has 2 saturated carbocycles. The van der Waals surface area contributed by atoms with Crippen molar-refractivity contribution in [3.63, 3.8) is 0 Å². The van der Waals surface area contributed by atoms with Crippen LogP contribution in [0.15, 0.2) is 54.6 Å². The molecule has 0 aliphatic heterocycles. The first kappa shape index (κ1) is 22.2. The van der Waals surface area contributed by atoms with E-state index in [9.17, 15) is 17.6 Å². The number of hydrogen-bond acceptors (Lipinski definition) is 0. The van der Waals surface area contributed by atoms with Crippen LogP contribution in [0.5, 0.6) is 0 Å². The van der Waals surface area contributed by atoms with Crippen LogP contribution in [-0.4, -0.2) is 0 Å². The fourth-order valence-corrected chi connectivity index (χ4v) is 5.94. The Balaban J connectivity index is 1.29. The second-order valence-electron chi connectivity index (χ2n) is 9.73. The van der Waals surface area contributed by atoms with Crippen molar-refractivity contribution in [3.05, 3.63) is 83.4 Å². The Morgan fingerprint density at radius 3 is 1.67 bits per heavy atom. The molecule has 0 nitrogen and oxygen atoms in total. The summed E-state index contributed by atoms with van der Waals surface area (Å²) in [5.41, 5.74) is 2.93. The van der Waals surface area contributed by atoms with Gasteiger partial charge in [0.1, 0.15) is 5.82 Å². The first-order chi connectivity index (χ1) is 16.0. The van der Waals surface area contributed by atoms with Crippen molar-refractivity contribution < 1.29 is 17.6 Å². The van der Waals surface area contributed by atoms with Crippen molar-refractivity contribution in [2.45, 2.75) is 57.3 Å². The summed E-state index contributed by atoms with van der Waals surface area (Å²) in [5.74, 6) is -2.36. The van der Waals surface area contributed by atoms with Gasteiger partial charge in [-0.3, -0.25) is 0 Å². The van der Waals surface area contributed by atoms with Crippen molar-refractivity contribution >= 4 is 0 Å². The Labute approximate surface area is 192 Å². The van der Waals surface area contributed by atoms with E-state index < -0.39 is 23.3 Å². The lowest BCUT2D eigenvalue weighted by Crippen LogP contribution is -2.19. The fraction of sp³-hybridized carbons (Fsp3) is 0.379. The molecular formula is C29H28F4. The molecule has 2 aliphatic carbocycles. The standard InChI is InChI=1S/C29H28F4/c30-26-15-23(13-14-25(26)24-16-27(31)29(33)28(32)17-24)22-11-9-21(10-12-22)20-7-5-19(6-8-20)18-3-1-2-4-18/h9-20H,1-8H2. The number of benzene rings is 3. The van der Waals surface area contributed by atoms with Crippen LogP contribution in [0, 0.1) is 35.1 Å². The fourth-order valence-electron chi connectivity index (χ4n) is 5.94. The highest BCUT2D eigenvalue weighted by Gasteiger charge is 2.29. The Bertz CT molecular complexity index is 1100. The van der Waals surface area contributed by atoms with E-state index in [1.54, 1.807) is 6.07 Å². The summed E-state index contributed by atoms with van der Waals surface area (Å²) >= 11 is 0. The van der Waals surface area contributed by atoms with Crippen LogP contribution in [-0.2, 0) is 0 Å². The van der Waals surface area contributed by atoms with E-state index in [1.165, 1.54) is 69.1 Å². The molecule has 0 amide bonds. The van der Waals surface area contributed by atoms with Crippen LogP contribution in [0.4, 0.5) is 17.6 Å². The average Bonchev–Trinajstić information content (AvgIpc) is 3.37. The Morgan fingerprint density at radius 1 is 0.515 bits per heavy atom. The molecule has 5 rings (SSSR count). The van der Waals surface area contributed by atoms with Crippen molar-refractivity contribution in [1.29, 1.82) is 0 Å². The topological polar surface area (TPSA) is 0 Å². The molecule has 172 valence electrons. The van der Waals surface area contributed by atoms with Crippen molar-refractivity contribution in [1.82, 2.24) is 0 Å². The molecule has 0 saturated heterocycles. The van der Waals surface area contributed by atoms with E-state index in [0.29, 0.717) is 11.5 Å². The lowest BCUT2D eigenvalue weighted by Gasteiger charge is -2.32. The van der Waals surface area contributed by atoms with Crippen molar-refractivity contribution in [3.8, 4) is 22.3 Å². The summed E-state index contributed by atoms with van der Waals surface area (Å²) in [6, 6.07) is 14.5. The average molecular weight is 453 g/mol. The van der Waals surface area contributed by atoms with E-state index in [4.69, 9.17) is 0 Å². The molecule has 0 atom stereocenters. The summed E-state index contributed by atoms with van der Waals surface area (Å²) in [7, 11) is 0. The van der Waals surface area contributed by atoms with Gasteiger partial charge in [-0.1, -0.05) is 62.1 Å². The molecule has 3 aromatic rings. The number of halogens is 4. The van der Waals surface area contributed by atoms with Crippen molar-refractivity contribution in [2.75, 3.05) is 0 Å². The molecular weight excluding hydrogens is 424 g/mol. The number of hydrogen-bond donors (Lipinski definition) is 0. The highest BCUT2D eigenvalue weighted by atomic mass is 19.2. The number of rotatable bonds is 4. The van der Waals surface area contributed by atoms with E-state index in [2.05, 4.69) is 12.1 Å². The smallest absolute Gasteiger partial charge is 0.194 e. The van der Waals surface area contributed by atoms with Gasteiger partial charge in [-0.05, 0) is 83.9 Å². The Morgan fingerprint density at radius 2 is 1.06 bits per heavy atom. The second kappa shape index (κ2) is 9.32. The molecule has 0 aromatic heterocycles. The SMILES string of the molecule is Fc1cc(-c2ccc(C3CCC(C4CCCC4)CC3)cc2)ccc1-c1cc(F)c(F)c(F)c1. The van der Waals surface area contributed by atoms with Gasteiger partial charge in [-0.15, -0.1) is 0 Å². The molecule has 2 aliphatic rings. The minimum absolute atomic E-state index is 0.0287. The molecule has 0 heterocycles. The van der Waals surface area contributed by atoms with Crippen LogP contribution in [0.25, 0.3) is 22.3 Å². The van der Waals surface area contributed by atoms with E-state index in [0.717, 1.165) is 29.5 Å². The second-order valence-corrected chi connectivity index (χ2v) is 9.73. The minimum Gasteiger partial charge on any atom is -0.206 e. The van der Waals surface area contributed by atoms with Gasteiger partial charge in [0.2, 0.25) is 0 Å². The third-order valence-electron chi connectivity index (χ3n) is 7.82. The Hall–Kier alpha value is -2.62. The van der Waals surface area contributed by atoms with Gasteiger partial charge in [0, 0.05) is 5.56 Å². The normalized spacial score (nSPS) is 21.5. The van der Waals surface area contributed by atoms with E-state index >= 15 is 0 Å². The predicted molar refractivity (Wildman–Crippen MR) is 124 cm³/mol. The van der Waals surface area contributed by atoms with Gasteiger partial charge in [-0.25, -0.2) is 17.6 Å². The van der Waals surface area contributed by atoms with Crippen LogP contribution in [0.3, 0.4) is 0 Å². The lowest BCUT2D eigenvalue weighted by molar-refractivity contribution is 0.235. The lowest BCUT2D eigenvalue weighted by atomic mass is 9.73. The van der Waals surface area contributed by atoms with E-state index in [-0.39, 0.29) is 11.1 Å². The Kier molecular flexibility index (Phi) is 6.27. The predicted octanol–water partition coefficient (Wildman–Crippen LogP) is 9.04. The van der Waals surface area contributed by atoms with Crippen LogP contribution < -0.4 is 0 Å². The third-order valence-corrected chi connectivity index (χ3v) is 7.82. The molecule has 3 aromatic carbocycles. The third kappa shape index (κ3) is 4.58. The van der Waals surface area contributed by atoms with Crippen LogP contribution in [0.1, 0.15) is 62.8 Å². The van der Waals surface area contributed by atoms with Gasteiger partial charge >= 0.3 is 0 Å². The molecule has 0 radical (unpaired) electrons. The largest absolute Gasteiger partial charge is 0.206 e. The highest BCUT2D eigenvalue weighted by molar-refractivity contribution is 5.71. The maximum atomic E-state index is 14.8. The van der Waals surface area contributed by atoms with Gasteiger partial charge in [-0.2, -0.15) is 0 Å². The summed E-state index contributed by atoms with van der Waals surface area (Å²) in [6.45, 7) is 0. The zero-order valence-electron chi connectivity index (χ0n) is 18.6. The summed E-state index contributed by atoms with van der Waals surface area (Å²) in [6.07, 6.45) is 10.8. The zero-order chi connectivity index (χ0) is 22.9. The molecule has 33 heavy (non-hydrogen) atoms. The molecule has 0 N–H and O–H groups in total. The zero-order valence-corrected chi connectivity index (χ0v) is 18.6. The van der Waals surface area contributed by atoms with Gasteiger partial charge in [0.25, 0.3) is 0 Å². The van der Waals surface area contributed by atoms with Gasteiger partial charge in [0.15, 0.2) is 17.5 Å². The molecule has 2 fully saturated rings. The minimum atomic E-state index is -1.55. The quantitative estimate of drug-likeness (QED) is 0.274. The molecule has 4 heteroatoms. The van der Waals surface area contributed by atoms with Gasteiger partial charge < -0.3 is 0 Å². The van der Waals surface area contributed by atoms with Crippen molar-refractivity contribution in [2.24, 2.45) is 11.8 Å². The monoisotopic (exact) mass is 452 g/mol. The van der Waals surface area contributed by atoms with Gasteiger partial charge in [0.05, 0.1) is 0 Å². The molecule has 0 bridgehead atoms. The summed E-state index contributed by atoms with van der Waals surface area (Å²) < 4.78 is 55.1. The molecule has 0 spiro atoms. The summed E-state index contributed by atoms with van der Waals surface area (Å²) in [4.78, 5) is 0. The van der Waals surface area contributed by atoms with E-state index in [1.807, 2.05) is 12.1 Å². The molecule has 0 unspecified atom stereocenters. The van der Waals surface area contributed by atoms with Crippen LogP contribution in [0.2, 0.25) is 0 Å².